The predicted molar refractivity (Wildman–Crippen MR) is 85.8 cm³/mol. The van der Waals surface area contributed by atoms with Gasteiger partial charge in [-0.2, -0.15) is 0 Å². The summed E-state index contributed by atoms with van der Waals surface area (Å²) in [4.78, 5) is 25.5. The molecule has 2 rings (SSSR count). The van der Waals surface area contributed by atoms with Gasteiger partial charge < -0.3 is 19.7 Å². The summed E-state index contributed by atoms with van der Waals surface area (Å²) in [6.07, 6.45) is 0.698. The van der Waals surface area contributed by atoms with Crippen molar-refractivity contribution < 1.29 is 19.1 Å². The molecule has 1 aliphatic heterocycles. The smallest absolute Gasteiger partial charge is 0.407 e. The number of amides is 1. The van der Waals surface area contributed by atoms with Crippen LogP contribution in [0.4, 0.5) is 4.79 Å². The number of esters is 1. The minimum atomic E-state index is -0.425. The number of benzene rings is 1. The molecular weight excluding hydrogens is 296 g/mol. The molecule has 1 aromatic rings. The van der Waals surface area contributed by atoms with E-state index in [2.05, 4.69) is 10.2 Å². The van der Waals surface area contributed by atoms with Crippen molar-refractivity contribution >= 4 is 12.1 Å². The maximum Gasteiger partial charge on any atom is 0.407 e. The Balaban J connectivity index is 1.78. The van der Waals surface area contributed by atoms with E-state index in [-0.39, 0.29) is 24.5 Å². The molecule has 0 aliphatic carbocycles. The van der Waals surface area contributed by atoms with Gasteiger partial charge in [0, 0.05) is 25.6 Å². The van der Waals surface area contributed by atoms with Crippen molar-refractivity contribution in [3.63, 3.8) is 0 Å². The predicted octanol–water partition coefficient (Wildman–Crippen LogP) is 1.80. The highest BCUT2D eigenvalue weighted by Crippen LogP contribution is 2.19. The van der Waals surface area contributed by atoms with Crippen molar-refractivity contribution in [1.82, 2.24) is 10.2 Å². The van der Waals surface area contributed by atoms with Crippen molar-refractivity contribution in [1.29, 1.82) is 0 Å². The van der Waals surface area contributed by atoms with Crippen LogP contribution in [0.5, 0.6) is 0 Å². The Hall–Kier alpha value is -2.08. The lowest BCUT2D eigenvalue weighted by molar-refractivity contribution is -0.142. The third-order valence-corrected chi connectivity index (χ3v) is 3.94. The van der Waals surface area contributed by atoms with Gasteiger partial charge in [0.05, 0.1) is 7.11 Å². The van der Waals surface area contributed by atoms with Gasteiger partial charge in [-0.05, 0) is 24.9 Å². The number of nitrogens with one attached hydrogen (secondary N) is 1. The van der Waals surface area contributed by atoms with Crippen LogP contribution >= 0.6 is 0 Å². The third-order valence-electron chi connectivity index (χ3n) is 3.94. The SMILES string of the molecule is COC(=O)CC1CC(NC(=O)OCc2ccccc2)CN(C)C1. The normalized spacial score (nSPS) is 21.5. The first-order valence-corrected chi connectivity index (χ1v) is 7.79. The van der Waals surface area contributed by atoms with Gasteiger partial charge in [-0.15, -0.1) is 0 Å². The highest BCUT2D eigenvalue weighted by Gasteiger charge is 2.28. The maximum atomic E-state index is 11.9. The van der Waals surface area contributed by atoms with Crippen molar-refractivity contribution in [2.75, 3.05) is 27.2 Å². The Kier molecular flexibility index (Phi) is 6.40. The summed E-state index contributed by atoms with van der Waals surface area (Å²) in [7, 11) is 3.37. The highest BCUT2D eigenvalue weighted by atomic mass is 16.5. The monoisotopic (exact) mass is 320 g/mol. The molecule has 6 nitrogen and oxygen atoms in total. The van der Waals surface area contributed by atoms with E-state index >= 15 is 0 Å². The zero-order chi connectivity index (χ0) is 16.7. The molecule has 0 aromatic heterocycles. The first-order chi connectivity index (χ1) is 11.1. The van der Waals surface area contributed by atoms with E-state index in [1.54, 1.807) is 0 Å². The average Bonchev–Trinajstić information content (AvgIpc) is 2.53. The molecule has 0 saturated carbocycles. The standard InChI is InChI=1S/C17H24N2O4/c1-19-10-14(9-16(20)22-2)8-15(11-19)18-17(21)23-12-13-6-4-3-5-7-13/h3-7,14-15H,8-12H2,1-2H3,(H,18,21). The molecular formula is C17H24N2O4. The van der Waals surface area contributed by atoms with Gasteiger partial charge in [0.25, 0.3) is 0 Å². The van der Waals surface area contributed by atoms with Crippen LogP contribution in [-0.2, 0) is 20.9 Å². The van der Waals surface area contributed by atoms with Crippen molar-refractivity contribution in [3.8, 4) is 0 Å². The summed E-state index contributed by atoms with van der Waals surface area (Å²) < 4.78 is 9.97. The molecule has 0 spiro atoms. The lowest BCUT2D eigenvalue weighted by Gasteiger charge is -2.35. The quantitative estimate of drug-likeness (QED) is 0.838. The number of ether oxygens (including phenoxy) is 2. The molecule has 1 fully saturated rings. The molecule has 1 N–H and O–H groups in total. The van der Waals surface area contributed by atoms with Gasteiger partial charge in [-0.25, -0.2) is 4.79 Å². The van der Waals surface area contributed by atoms with Crippen LogP contribution in [-0.4, -0.2) is 50.3 Å². The second-order valence-electron chi connectivity index (χ2n) is 6.01. The van der Waals surface area contributed by atoms with E-state index in [0.717, 1.165) is 25.1 Å². The number of likely N-dealkylation sites (tertiary alicyclic amines) is 1. The minimum Gasteiger partial charge on any atom is -0.469 e. The molecule has 2 unspecified atom stereocenters. The third kappa shape index (κ3) is 5.90. The van der Waals surface area contributed by atoms with Crippen LogP contribution in [0.2, 0.25) is 0 Å². The number of carbonyl (C=O) groups excluding carboxylic acids is 2. The van der Waals surface area contributed by atoms with Crippen LogP contribution in [0.1, 0.15) is 18.4 Å². The van der Waals surface area contributed by atoms with Crippen molar-refractivity contribution in [2.45, 2.75) is 25.5 Å². The fraction of sp³-hybridized carbons (Fsp3) is 0.529. The fourth-order valence-electron chi connectivity index (χ4n) is 2.95. The van der Waals surface area contributed by atoms with E-state index in [1.165, 1.54) is 7.11 Å². The Morgan fingerprint density at radius 3 is 2.70 bits per heavy atom. The van der Waals surface area contributed by atoms with E-state index in [9.17, 15) is 9.59 Å². The molecule has 1 amide bonds. The summed E-state index contributed by atoms with van der Waals surface area (Å²) in [6, 6.07) is 9.53. The number of piperidine rings is 1. The Labute approximate surface area is 136 Å². The lowest BCUT2D eigenvalue weighted by atomic mass is 9.92. The topological polar surface area (TPSA) is 67.9 Å². The van der Waals surface area contributed by atoms with Crippen LogP contribution in [0.3, 0.4) is 0 Å². The number of likely N-dealkylation sites (N-methyl/N-ethyl adjacent to an activating group) is 1. The molecule has 1 heterocycles. The van der Waals surface area contributed by atoms with Crippen LogP contribution in [0.25, 0.3) is 0 Å². The summed E-state index contributed by atoms with van der Waals surface area (Å²) in [5, 5.41) is 2.89. The Bertz CT molecular complexity index is 521. The van der Waals surface area contributed by atoms with Gasteiger partial charge in [0.2, 0.25) is 0 Å². The number of carbonyl (C=O) groups is 2. The Morgan fingerprint density at radius 2 is 2.00 bits per heavy atom. The molecule has 1 aromatic carbocycles. The fourth-order valence-corrected chi connectivity index (χ4v) is 2.95. The second-order valence-corrected chi connectivity index (χ2v) is 6.01. The number of alkyl carbamates (subject to hydrolysis) is 1. The van der Waals surface area contributed by atoms with Gasteiger partial charge >= 0.3 is 12.1 Å². The average molecular weight is 320 g/mol. The highest BCUT2D eigenvalue weighted by molar-refractivity contribution is 5.69. The molecule has 1 saturated heterocycles. The van der Waals surface area contributed by atoms with Gasteiger partial charge in [0.1, 0.15) is 6.61 Å². The van der Waals surface area contributed by atoms with Gasteiger partial charge in [-0.1, -0.05) is 30.3 Å². The number of rotatable bonds is 5. The number of nitrogens with zero attached hydrogens (tertiary/aromatic N) is 1. The van der Waals surface area contributed by atoms with Crippen LogP contribution in [0, 0.1) is 5.92 Å². The van der Waals surface area contributed by atoms with E-state index in [1.807, 2.05) is 37.4 Å². The summed E-state index contributed by atoms with van der Waals surface area (Å²) >= 11 is 0. The molecule has 6 heteroatoms. The zero-order valence-electron chi connectivity index (χ0n) is 13.7. The summed E-state index contributed by atoms with van der Waals surface area (Å²) in [5.41, 5.74) is 0.951. The molecule has 0 bridgehead atoms. The molecule has 23 heavy (non-hydrogen) atoms. The Morgan fingerprint density at radius 1 is 1.26 bits per heavy atom. The molecule has 2 atom stereocenters. The number of hydrogen-bond donors (Lipinski definition) is 1. The molecule has 126 valence electrons. The maximum absolute atomic E-state index is 11.9. The molecule has 1 aliphatic rings. The minimum absolute atomic E-state index is 0.0216. The van der Waals surface area contributed by atoms with Crippen molar-refractivity contribution in [2.24, 2.45) is 5.92 Å². The number of methoxy groups -OCH3 is 1. The van der Waals surface area contributed by atoms with E-state index in [4.69, 9.17) is 9.47 Å². The van der Waals surface area contributed by atoms with Gasteiger partial charge in [0.15, 0.2) is 0 Å². The molecule has 0 radical (unpaired) electrons. The van der Waals surface area contributed by atoms with E-state index in [0.29, 0.717) is 6.42 Å². The largest absolute Gasteiger partial charge is 0.469 e. The number of hydrogen-bond acceptors (Lipinski definition) is 5. The van der Waals surface area contributed by atoms with Crippen LogP contribution < -0.4 is 5.32 Å². The lowest BCUT2D eigenvalue weighted by Crippen LogP contribution is -2.49. The van der Waals surface area contributed by atoms with Crippen LogP contribution in [0.15, 0.2) is 30.3 Å². The second kappa shape index (κ2) is 8.53. The first kappa shape index (κ1) is 17.3. The summed E-state index contributed by atoms with van der Waals surface area (Å²) in [6.45, 7) is 1.82. The summed E-state index contributed by atoms with van der Waals surface area (Å²) in [5.74, 6) is -0.0312. The zero-order valence-corrected chi connectivity index (χ0v) is 13.7. The van der Waals surface area contributed by atoms with Gasteiger partial charge in [-0.3, -0.25) is 4.79 Å². The first-order valence-electron chi connectivity index (χ1n) is 7.79. The van der Waals surface area contributed by atoms with Crippen molar-refractivity contribution in [3.05, 3.63) is 35.9 Å². The van der Waals surface area contributed by atoms with E-state index < -0.39 is 6.09 Å².